The Morgan fingerprint density at radius 1 is 1.30 bits per heavy atom. The van der Waals surface area contributed by atoms with E-state index in [2.05, 4.69) is 0 Å². The van der Waals surface area contributed by atoms with E-state index in [4.69, 9.17) is 13.9 Å². The fraction of sp³-hybridized carbons (Fsp3) is 0.400. The lowest BCUT2D eigenvalue weighted by molar-refractivity contribution is -0.384. The van der Waals surface area contributed by atoms with Crippen molar-refractivity contribution in [1.29, 1.82) is 0 Å². The van der Waals surface area contributed by atoms with Crippen LogP contribution in [0.4, 0.5) is 10.5 Å². The number of nitrogens with zero attached hydrogens (tertiary/aromatic N) is 1. The van der Waals surface area contributed by atoms with Crippen LogP contribution in [0.2, 0.25) is 19.6 Å². The Kier molecular flexibility index (Phi) is 6.77. The summed E-state index contributed by atoms with van der Waals surface area (Å²) in [6.07, 6.45) is 1.88. The van der Waals surface area contributed by atoms with Gasteiger partial charge in [0.1, 0.15) is 12.7 Å². The Balaban J connectivity index is 2.37. The largest absolute Gasteiger partial charge is 0.550 e. The SMILES string of the molecule is CC(C=CO[Si](C)(C)C)OC(=O)OCc1ccc([N+](=O)[O-])cc1. The minimum atomic E-state index is -1.64. The van der Waals surface area contributed by atoms with Gasteiger partial charge in [-0.05, 0) is 50.3 Å². The molecule has 0 aliphatic carbocycles. The van der Waals surface area contributed by atoms with E-state index in [9.17, 15) is 14.9 Å². The molecule has 0 amide bonds. The molecule has 1 aromatic carbocycles. The maximum absolute atomic E-state index is 11.5. The molecule has 1 rings (SSSR count). The molecule has 0 aromatic heterocycles. The van der Waals surface area contributed by atoms with Crippen LogP contribution in [0.25, 0.3) is 0 Å². The summed E-state index contributed by atoms with van der Waals surface area (Å²) in [5.41, 5.74) is 0.621. The third kappa shape index (κ3) is 8.00. The number of ether oxygens (including phenoxy) is 2. The van der Waals surface area contributed by atoms with Crippen LogP contribution in [-0.2, 0) is 20.5 Å². The zero-order chi connectivity index (χ0) is 17.5. The molecule has 8 heteroatoms. The predicted molar refractivity (Wildman–Crippen MR) is 87.4 cm³/mol. The van der Waals surface area contributed by atoms with Crippen LogP contribution < -0.4 is 0 Å². The quantitative estimate of drug-likeness (QED) is 0.245. The number of non-ortho nitro benzene ring substituents is 1. The molecule has 1 aromatic rings. The lowest BCUT2D eigenvalue weighted by Crippen LogP contribution is -2.22. The summed E-state index contributed by atoms with van der Waals surface area (Å²) in [6, 6.07) is 5.75. The molecule has 0 bridgehead atoms. The average molecular weight is 339 g/mol. The first-order chi connectivity index (χ1) is 10.7. The van der Waals surface area contributed by atoms with E-state index in [1.165, 1.54) is 24.3 Å². The van der Waals surface area contributed by atoms with E-state index >= 15 is 0 Å². The van der Waals surface area contributed by atoms with Crippen molar-refractivity contribution in [3.05, 3.63) is 52.3 Å². The van der Waals surface area contributed by atoms with Gasteiger partial charge in [-0.3, -0.25) is 10.1 Å². The average Bonchev–Trinajstić information content (AvgIpc) is 2.44. The van der Waals surface area contributed by atoms with Crippen LogP contribution in [0.1, 0.15) is 12.5 Å². The van der Waals surface area contributed by atoms with Crippen LogP contribution in [0.15, 0.2) is 36.6 Å². The maximum Gasteiger partial charge on any atom is 0.509 e. The molecule has 0 fully saturated rings. The highest BCUT2D eigenvalue weighted by Gasteiger charge is 2.14. The molecule has 1 atom stereocenters. The highest BCUT2D eigenvalue weighted by atomic mass is 28.4. The van der Waals surface area contributed by atoms with E-state index in [-0.39, 0.29) is 12.3 Å². The number of carbonyl (C=O) groups excluding carboxylic acids is 1. The summed E-state index contributed by atoms with van der Waals surface area (Å²) in [6.45, 7) is 7.81. The van der Waals surface area contributed by atoms with Gasteiger partial charge in [0.15, 0.2) is 0 Å². The summed E-state index contributed by atoms with van der Waals surface area (Å²) in [5.74, 6) is 0. The van der Waals surface area contributed by atoms with Crippen molar-refractivity contribution >= 4 is 20.2 Å². The van der Waals surface area contributed by atoms with Crippen LogP contribution in [0.5, 0.6) is 0 Å². The van der Waals surface area contributed by atoms with Crippen molar-refractivity contribution in [2.24, 2.45) is 0 Å². The Morgan fingerprint density at radius 3 is 2.43 bits per heavy atom. The van der Waals surface area contributed by atoms with Crippen molar-refractivity contribution in [2.45, 2.75) is 39.3 Å². The van der Waals surface area contributed by atoms with Crippen molar-refractivity contribution in [1.82, 2.24) is 0 Å². The molecule has 0 spiro atoms. The smallest absolute Gasteiger partial charge is 0.509 e. The lowest BCUT2D eigenvalue weighted by atomic mass is 10.2. The number of hydrogen-bond acceptors (Lipinski definition) is 6. The van der Waals surface area contributed by atoms with Crippen molar-refractivity contribution in [3.8, 4) is 0 Å². The highest BCUT2D eigenvalue weighted by Crippen LogP contribution is 2.13. The fourth-order valence-corrected chi connectivity index (χ4v) is 1.92. The summed E-state index contributed by atoms with van der Waals surface area (Å²) >= 11 is 0. The second-order valence-corrected chi connectivity index (χ2v) is 10.3. The van der Waals surface area contributed by atoms with Gasteiger partial charge in [0.05, 0.1) is 11.2 Å². The van der Waals surface area contributed by atoms with Crippen LogP contribution >= 0.6 is 0 Å². The number of benzene rings is 1. The van der Waals surface area contributed by atoms with Crippen molar-refractivity contribution in [2.75, 3.05) is 0 Å². The van der Waals surface area contributed by atoms with Gasteiger partial charge in [-0.2, -0.15) is 0 Å². The topological polar surface area (TPSA) is 87.9 Å². The third-order valence-electron chi connectivity index (χ3n) is 2.56. The van der Waals surface area contributed by atoms with Gasteiger partial charge < -0.3 is 13.9 Å². The van der Waals surface area contributed by atoms with Gasteiger partial charge in [-0.1, -0.05) is 0 Å². The van der Waals surface area contributed by atoms with Gasteiger partial charge in [-0.25, -0.2) is 4.79 Å². The molecular formula is C15H21NO6Si. The molecule has 0 radical (unpaired) electrons. The summed E-state index contributed by atoms with van der Waals surface area (Å²) in [4.78, 5) is 21.6. The Morgan fingerprint density at radius 2 is 1.91 bits per heavy atom. The molecule has 126 valence electrons. The first-order valence-corrected chi connectivity index (χ1v) is 10.5. The van der Waals surface area contributed by atoms with Gasteiger partial charge in [0.25, 0.3) is 5.69 Å². The lowest BCUT2D eigenvalue weighted by Gasteiger charge is -2.15. The van der Waals surface area contributed by atoms with E-state index in [1.807, 2.05) is 19.6 Å². The molecular weight excluding hydrogens is 318 g/mol. The highest BCUT2D eigenvalue weighted by molar-refractivity contribution is 6.69. The molecule has 0 aliphatic heterocycles. The zero-order valence-corrected chi connectivity index (χ0v) is 14.6. The Hall–Kier alpha value is -2.35. The minimum absolute atomic E-state index is 0.0152. The first-order valence-electron chi connectivity index (χ1n) is 7.08. The standard InChI is InChI=1S/C15H21NO6Si/c1-12(9-10-21-23(2,3)4)22-15(17)20-11-13-5-7-14(8-6-13)16(18)19/h5-10,12H,11H2,1-4H3. The summed E-state index contributed by atoms with van der Waals surface area (Å²) in [7, 11) is -1.64. The molecule has 1 unspecified atom stereocenters. The normalized spacial score (nSPS) is 12.7. The molecule has 7 nitrogen and oxygen atoms in total. The number of nitro groups is 1. The Bertz CT molecular complexity index is 564. The van der Waals surface area contributed by atoms with Gasteiger partial charge >= 0.3 is 6.16 Å². The maximum atomic E-state index is 11.5. The molecule has 0 aliphatic rings. The molecule has 0 saturated carbocycles. The monoisotopic (exact) mass is 339 g/mol. The Labute approximate surface area is 136 Å². The minimum Gasteiger partial charge on any atom is -0.550 e. The van der Waals surface area contributed by atoms with Gasteiger partial charge in [0, 0.05) is 12.1 Å². The summed E-state index contributed by atoms with van der Waals surface area (Å²) in [5, 5.41) is 10.5. The van der Waals surface area contributed by atoms with Crippen molar-refractivity contribution < 1.29 is 23.6 Å². The van der Waals surface area contributed by atoms with Gasteiger partial charge in [-0.15, -0.1) is 0 Å². The molecule has 0 saturated heterocycles. The summed E-state index contributed by atoms with van der Waals surface area (Å²) < 4.78 is 15.5. The van der Waals surface area contributed by atoms with E-state index in [0.717, 1.165) is 0 Å². The second kappa shape index (κ2) is 8.32. The molecule has 0 N–H and O–H groups in total. The fourth-order valence-electron chi connectivity index (χ4n) is 1.44. The van der Waals surface area contributed by atoms with Crippen LogP contribution in [0, 0.1) is 10.1 Å². The van der Waals surface area contributed by atoms with E-state index in [1.54, 1.807) is 19.3 Å². The number of nitro benzene ring substituents is 1. The number of hydrogen-bond donors (Lipinski definition) is 0. The van der Waals surface area contributed by atoms with Crippen LogP contribution in [0.3, 0.4) is 0 Å². The third-order valence-corrected chi connectivity index (χ3v) is 3.40. The van der Waals surface area contributed by atoms with E-state index < -0.39 is 25.5 Å². The van der Waals surface area contributed by atoms with Crippen molar-refractivity contribution in [3.63, 3.8) is 0 Å². The zero-order valence-electron chi connectivity index (χ0n) is 13.6. The number of rotatable bonds is 7. The molecule has 0 heterocycles. The van der Waals surface area contributed by atoms with Crippen LogP contribution in [-0.4, -0.2) is 25.5 Å². The molecule has 23 heavy (non-hydrogen) atoms. The number of carbonyl (C=O) groups is 1. The van der Waals surface area contributed by atoms with Gasteiger partial charge in [0.2, 0.25) is 8.32 Å². The predicted octanol–water partition coefficient (Wildman–Crippen LogP) is 4.00. The first kappa shape index (κ1) is 18.7. The van der Waals surface area contributed by atoms with E-state index in [0.29, 0.717) is 5.56 Å². The second-order valence-electron chi connectivity index (χ2n) is 5.84.